The summed E-state index contributed by atoms with van der Waals surface area (Å²) in [6, 6.07) is 5.40. The quantitative estimate of drug-likeness (QED) is 0.860. The summed E-state index contributed by atoms with van der Waals surface area (Å²) >= 11 is 0. The monoisotopic (exact) mass is 305 g/mol. The van der Waals surface area contributed by atoms with Gasteiger partial charge in [-0.2, -0.15) is 0 Å². The standard InChI is InChI=1S/C16H23N3O3/c1-4-10(2)18-15(20)8-19-13-7-12(11(3)17)5-6-14(13)22-9-16(19)21/h5-7,10-11H,4,8-9,17H2,1-3H3,(H,18,20). The number of nitrogens with two attached hydrogens (primary N) is 1. The number of carbonyl (C=O) groups is 2. The molecule has 0 saturated heterocycles. The van der Waals surface area contributed by atoms with Gasteiger partial charge in [0, 0.05) is 12.1 Å². The van der Waals surface area contributed by atoms with Crippen LogP contribution >= 0.6 is 0 Å². The average molecular weight is 305 g/mol. The molecule has 6 heteroatoms. The Morgan fingerprint density at radius 3 is 2.82 bits per heavy atom. The zero-order valence-corrected chi connectivity index (χ0v) is 13.3. The predicted molar refractivity (Wildman–Crippen MR) is 84.8 cm³/mol. The summed E-state index contributed by atoms with van der Waals surface area (Å²) in [5.74, 6) is 0.190. The highest BCUT2D eigenvalue weighted by molar-refractivity contribution is 6.02. The topological polar surface area (TPSA) is 84.7 Å². The number of rotatable bonds is 5. The van der Waals surface area contributed by atoms with Crippen molar-refractivity contribution >= 4 is 17.5 Å². The largest absolute Gasteiger partial charge is 0.482 e. The van der Waals surface area contributed by atoms with Crippen LogP contribution in [-0.2, 0) is 9.59 Å². The van der Waals surface area contributed by atoms with Crippen molar-refractivity contribution < 1.29 is 14.3 Å². The van der Waals surface area contributed by atoms with Crippen molar-refractivity contribution in [2.24, 2.45) is 5.73 Å². The first-order valence-corrected chi connectivity index (χ1v) is 7.54. The molecule has 0 saturated carbocycles. The maximum atomic E-state index is 12.1. The third kappa shape index (κ3) is 3.57. The van der Waals surface area contributed by atoms with Gasteiger partial charge in [-0.25, -0.2) is 0 Å². The van der Waals surface area contributed by atoms with Crippen molar-refractivity contribution in [2.45, 2.75) is 39.3 Å². The van der Waals surface area contributed by atoms with Gasteiger partial charge in [-0.3, -0.25) is 14.5 Å². The van der Waals surface area contributed by atoms with Gasteiger partial charge >= 0.3 is 0 Å². The van der Waals surface area contributed by atoms with Gasteiger partial charge in [0.05, 0.1) is 5.69 Å². The van der Waals surface area contributed by atoms with Crippen LogP contribution in [0.25, 0.3) is 0 Å². The van der Waals surface area contributed by atoms with Gasteiger partial charge in [0.15, 0.2) is 6.61 Å². The second-order valence-electron chi connectivity index (χ2n) is 5.66. The number of carbonyl (C=O) groups excluding carboxylic acids is 2. The lowest BCUT2D eigenvalue weighted by molar-refractivity contribution is -0.125. The second-order valence-corrected chi connectivity index (χ2v) is 5.66. The van der Waals surface area contributed by atoms with Crippen LogP contribution in [-0.4, -0.2) is 31.0 Å². The fourth-order valence-electron chi connectivity index (χ4n) is 2.24. The summed E-state index contributed by atoms with van der Waals surface area (Å²) in [5, 5.41) is 2.87. The molecule has 2 atom stereocenters. The van der Waals surface area contributed by atoms with Gasteiger partial charge in [0.1, 0.15) is 12.3 Å². The van der Waals surface area contributed by atoms with Crippen LogP contribution in [0.3, 0.4) is 0 Å². The van der Waals surface area contributed by atoms with Gasteiger partial charge in [0.2, 0.25) is 5.91 Å². The number of nitrogens with zero attached hydrogens (tertiary/aromatic N) is 1. The molecule has 0 radical (unpaired) electrons. The number of hydrogen-bond acceptors (Lipinski definition) is 4. The molecular weight excluding hydrogens is 282 g/mol. The number of nitrogens with one attached hydrogen (secondary N) is 1. The molecule has 2 rings (SSSR count). The predicted octanol–water partition coefficient (Wildman–Crippen LogP) is 1.35. The number of hydrogen-bond donors (Lipinski definition) is 2. The van der Waals surface area contributed by atoms with E-state index in [2.05, 4.69) is 5.32 Å². The zero-order chi connectivity index (χ0) is 16.3. The Balaban J connectivity index is 2.23. The lowest BCUT2D eigenvalue weighted by Gasteiger charge is -2.30. The Hall–Kier alpha value is -2.08. The van der Waals surface area contributed by atoms with Crippen LogP contribution in [0.2, 0.25) is 0 Å². The van der Waals surface area contributed by atoms with Gasteiger partial charge in [-0.1, -0.05) is 13.0 Å². The minimum atomic E-state index is -0.228. The summed E-state index contributed by atoms with van der Waals surface area (Å²) in [7, 11) is 0. The molecule has 6 nitrogen and oxygen atoms in total. The van der Waals surface area contributed by atoms with E-state index >= 15 is 0 Å². The summed E-state index contributed by atoms with van der Waals surface area (Å²) in [5.41, 5.74) is 7.38. The van der Waals surface area contributed by atoms with Crippen LogP contribution in [0, 0.1) is 0 Å². The summed E-state index contributed by atoms with van der Waals surface area (Å²) in [6.45, 7) is 5.73. The second kappa shape index (κ2) is 6.79. The zero-order valence-electron chi connectivity index (χ0n) is 13.3. The van der Waals surface area contributed by atoms with E-state index in [0.717, 1.165) is 12.0 Å². The Kier molecular flexibility index (Phi) is 5.03. The fraction of sp³-hybridized carbons (Fsp3) is 0.500. The smallest absolute Gasteiger partial charge is 0.265 e. The van der Waals surface area contributed by atoms with E-state index in [0.29, 0.717) is 11.4 Å². The molecule has 2 amide bonds. The van der Waals surface area contributed by atoms with Crippen LogP contribution < -0.4 is 20.7 Å². The summed E-state index contributed by atoms with van der Waals surface area (Å²) in [6.07, 6.45) is 0.841. The molecule has 1 aromatic rings. The minimum absolute atomic E-state index is 0.0120. The van der Waals surface area contributed by atoms with Crippen molar-refractivity contribution in [3.05, 3.63) is 23.8 Å². The number of fused-ring (bicyclic) bond motifs is 1. The highest BCUT2D eigenvalue weighted by Gasteiger charge is 2.28. The van der Waals surface area contributed by atoms with Crippen LogP contribution in [0.4, 0.5) is 5.69 Å². The van der Waals surface area contributed by atoms with Crippen LogP contribution in [0.1, 0.15) is 38.8 Å². The van der Waals surface area contributed by atoms with E-state index in [1.165, 1.54) is 4.90 Å². The van der Waals surface area contributed by atoms with Crippen LogP contribution in [0.5, 0.6) is 5.75 Å². The Labute approximate surface area is 130 Å². The molecule has 1 aliphatic heterocycles. The van der Waals surface area contributed by atoms with E-state index in [-0.39, 0.29) is 37.0 Å². The first-order valence-electron chi connectivity index (χ1n) is 7.54. The molecule has 1 aliphatic rings. The lowest BCUT2D eigenvalue weighted by atomic mass is 10.1. The molecule has 2 unspecified atom stereocenters. The average Bonchev–Trinajstić information content (AvgIpc) is 2.49. The minimum Gasteiger partial charge on any atom is -0.482 e. The van der Waals surface area contributed by atoms with E-state index in [9.17, 15) is 9.59 Å². The Bertz CT molecular complexity index is 572. The van der Waals surface area contributed by atoms with Gasteiger partial charge in [0.25, 0.3) is 5.91 Å². The highest BCUT2D eigenvalue weighted by Crippen LogP contribution is 2.34. The van der Waals surface area contributed by atoms with E-state index < -0.39 is 0 Å². The van der Waals surface area contributed by atoms with E-state index in [1.807, 2.05) is 32.9 Å². The SMILES string of the molecule is CCC(C)NC(=O)CN1C(=O)COc2ccc(C(C)N)cc21. The number of anilines is 1. The highest BCUT2D eigenvalue weighted by atomic mass is 16.5. The van der Waals surface area contributed by atoms with Crippen molar-refractivity contribution in [3.63, 3.8) is 0 Å². The molecule has 1 heterocycles. The van der Waals surface area contributed by atoms with Crippen LogP contribution in [0.15, 0.2) is 18.2 Å². The molecule has 0 aliphatic carbocycles. The van der Waals surface area contributed by atoms with Gasteiger partial charge in [-0.05, 0) is 38.0 Å². The number of benzene rings is 1. The fourth-order valence-corrected chi connectivity index (χ4v) is 2.24. The summed E-state index contributed by atoms with van der Waals surface area (Å²) < 4.78 is 5.42. The van der Waals surface area contributed by atoms with E-state index in [4.69, 9.17) is 10.5 Å². The number of amides is 2. The molecule has 0 fully saturated rings. The molecule has 120 valence electrons. The third-order valence-corrected chi connectivity index (χ3v) is 3.77. The number of ether oxygens (including phenoxy) is 1. The Morgan fingerprint density at radius 1 is 1.45 bits per heavy atom. The Morgan fingerprint density at radius 2 is 2.18 bits per heavy atom. The molecule has 0 aromatic heterocycles. The maximum absolute atomic E-state index is 12.1. The van der Waals surface area contributed by atoms with Crippen molar-refractivity contribution in [1.82, 2.24) is 5.32 Å². The first-order chi connectivity index (χ1) is 10.4. The molecule has 1 aromatic carbocycles. The molecule has 22 heavy (non-hydrogen) atoms. The van der Waals surface area contributed by atoms with Crippen molar-refractivity contribution in [1.29, 1.82) is 0 Å². The van der Waals surface area contributed by atoms with E-state index in [1.54, 1.807) is 6.07 Å². The molecule has 3 N–H and O–H groups in total. The molecular formula is C16H23N3O3. The summed E-state index contributed by atoms with van der Waals surface area (Å²) in [4.78, 5) is 25.7. The lowest BCUT2D eigenvalue weighted by Crippen LogP contribution is -2.46. The van der Waals surface area contributed by atoms with Crippen molar-refractivity contribution in [2.75, 3.05) is 18.1 Å². The molecule has 0 bridgehead atoms. The van der Waals surface area contributed by atoms with Gasteiger partial charge in [-0.15, -0.1) is 0 Å². The third-order valence-electron chi connectivity index (χ3n) is 3.77. The maximum Gasteiger partial charge on any atom is 0.265 e. The normalized spacial score (nSPS) is 16.5. The molecule has 0 spiro atoms. The van der Waals surface area contributed by atoms with Gasteiger partial charge < -0.3 is 15.8 Å². The first kappa shape index (κ1) is 16.3. The van der Waals surface area contributed by atoms with Crippen molar-refractivity contribution in [3.8, 4) is 5.75 Å².